The van der Waals surface area contributed by atoms with E-state index < -0.39 is 0 Å². The molecule has 2 unspecified atom stereocenters. The first kappa shape index (κ1) is 17.0. The van der Waals surface area contributed by atoms with E-state index in [2.05, 4.69) is 46.9 Å². The summed E-state index contributed by atoms with van der Waals surface area (Å²) in [5.41, 5.74) is 0. The van der Waals surface area contributed by atoms with Crippen molar-refractivity contribution < 1.29 is 0 Å². The molecule has 0 aromatic rings. The Balaban J connectivity index is 4.22. The third kappa shape index (κ3) is 9.64. The van der Waals surface area contributed by atoms with Gasteiger partial charge < -0.3 is 5.32 Å². The maximum Gasteiger partial charge on any atom is 0.00719 e. The molecule has 0 rings (SSSR count). The van der Waals surface area contributed by atoms with Gasteiger partial charge in [-0.15, -0.1) is 0 Å². The second-order valence-corrected chi connectivity index (χ2v) is 6.40. The highest BCUT2D eigenvalue weighted by atomic mass is 14.9. The number of rotatable bonds is 10. The summed E-state index contributed by atoms with van der Waals surface area (Å²) < 4.78 is 0. The third-order valence-corrected chi connectivity index (χ3v) is 3.26. The van der Waals surface area contributed by atoms with E-state index in [1.165, 1.54) is 38.5 Å². The Hall–Kier alpha value is -0.0400. The Morgan fingerprint density at radius 3 is 1.29 bits per heavy atom. The third-order valence-electron chi connectivity index (χ3n) is 3.26. The molecule has 104 valence electrons. The van der Waals surface area contributed by atoms with Gasteiger partial charge in [0.15, 0.2) is 0 Å². The van der Waals surface area contributed by atoms with Gasteiger partial charge in [-0.2, -0.15) is 0 Å². The van der Waals surface area contributed by atoms with Gasteiger partial charge in [0.1, 0.15) is 0 Å². The van der Waals surface area contributed by atoms with Crippen LogP contribution in [-0.4, -0.2) is 12.1 Å². The first-order chi connectivity index (χ1) is 7.99. The summed E-state index contributed by atoms with van der Waals surface area (Å²) in [5.74, 6) is 1.61. The van der Waals surface area contributed by atoms with E-state index in [0.717, 1.165) is 23.9 Å². The summed E-state index contributed by atoms with van der Waals surface area (Å²) in [6, 6.07) is 1.46. The fourth-order valence-corrected chi connectivity index (χ4v) is 2.71. The minimum absolute atomic E-state index is 0.732. The summed E-state index contributed by atoms with van der Waals surface area (Å²) in [6.07, 6.45) is 7.90. The zero-order valence-corrected chi connectivity index (χ0v) is 13.1. The van der Waals surface area contributed by atoms with Gasteiger partial charge in [0.05, 0.1) is 0 Å². The first-order valence-electron chi connectivity index (χ1n) is 7.75. The van der Waals surface area contributed by atoms with E-state index in [-0.39, 0.29) is 0 Å². The lowest BCUT2D eigenvalue weighted by Gasteiger charge is -2.28. The van der Waals surface area contributed by atoms with Crippen LogP contribution >= 0.6 is 0 Å². The molecule has 1 N–H and O–H groups in total. The Morgan fingerprint density at radius 1 is 0.706 bits per heavy atom. The fourth-order valence-electron chi connectivity index (χ4n) is 2.71. The first-order valence-corrected chi connectivity index (χ1v) is 7.75. The SMILES string of the molecule is CCCC(CC(C)C)NC(CCC)CC(C)C. The molecule has 0 aliphatic rings. The van der Waals surface area contributed by atoms with Gasteiger partial charge in [0.2, 0.25) is 0 Å². The standard InChI is InChI=1S/C16H35N/c1-7-9-15(11-13(3)4)17-16(10-8-2)12-14(5)6/h13-17H,7-12H2,1-6H3. The zero-order valence-electron chi connectivity index (χ0n) is 13.1. The maximum atomic E-state index is 3.92. The van der Waals surface area contributed by atoms with Crippen molar-refractivity contribution in [3.05, 3.63) is 0 Å². The highest BCUT2D eigenvalue weighted by Gasteiger charge is 2.16. The minimum Gasteiger partial charge on any atom is -0.311 e. The monoisotopic (exact) mass is 241 g/mol. The minimum atomic E-state index is 0.732. The zero-order chi connectivity index (χ0) is 13.3. The smallest absolute Gasteiger partial charge is 0.00719 e. The predicted molar refractivity (Wildman–Crippen MR) is 79.4 cm³/mol. The molecular formula is C16H35N. The van der Waals surface area contributed by atoms with E-state index in [9.17, 15) is 0 Å². The van der Waals surface area contributed by atoms with E-state index in [0.29, 0.717) is 0 Å². The highest BCUT2D eigenvalue weighted by Crippen LogP contribution is 2.15. The molecule has 1 heteroatoms. The van der Waals surface area contributed by atoms with Crippen LogP contribution in [0.4, 0.5) is 0 Å². The number of nitrogens with one attached hydrogen (secondary N) is 1. The summed E-state index contributed by atoms with van der Waals surface area (Å²) in [5, 5.41) is 3.92. The Bertz CT molecular complexity index is 145. The fraction of sp³-hybridized carbons (Fsp3) is 1.00. The molecule has 0 heterocycles. The van der Waals surface area contributed by atoms with E-state index in [1.807, 2.05) is 0 Å². The van der Waals surface area contributed by atoms with Crippen LogP contribution in [0.5, 0.6) is 0 Å². The van der Waals surface area contributed by atoms with Crippen LogP contribution in [-0.2, 0) is 0 Å². The lowest BCUT2D eigenvalue weighted by Crippen LogP contribution is -2.39. The van der Waals surface area contributed by atoms with Crippen molar-refractivity contribution in [3.8, 4) is 0 Å². The predicted octanol–water partition coefficient (Wildman–Crippen LogP) is 5.01. The van der Waals surface area contributed by atoms with Gasteiger partial charge in [-0.25, -0.2) is 0 Å². The van der Waals surface area contributed by atoms with Gasteiger partial charge in [-0.3, -0.25) is 0 Å². The van der Waals surface area contributed by atoms with Crippen LogP contribution in [0.3, 0.4) is 0 Å². The van der Waals surface area contributed by atoms with E-state index in [1.54, 1.807) is 0 Å². The summed E-state index contributed by atoms with van der Waals surface area (Å²) in [4.78, 5) is 0. The molecular weight excluding hydrogens is 206 g/mol. The number of hydrogen-bond acceptors (Lipinski definition) is 1. The molecule has 0 aromatic heterocycles. The van der Waals surface area contributed by atoms with Crippen LogP contribution in [0, 0.1) is 11.8 Å². The Kier molecular flexibility index (Phi) is 9.91. The average molecular weight is 241 g/mol. The molecule has 0 aromatic carbocycles. The molecule has 0 saturated heterocycles. The van der Waals surface area contributed by atoms with Gasteiger partial charge in [-0.05, 0) is 37.5 Å². The van der Waals surface area contributed by atoms with Gasteiger partial charge in [0, 0.05) is 12.1 Å². The normalized spacial score (nSPS) is 15.5. The lowest BCUT2D eigenvalue weighted by atomic mass is 9.95. The molecule has 0 saturated carbocycles. The molecule has 0 aliphatic carbocycles. The van der Waals surface area contributed by atoms with Crippen molar-refractivity contribution >= 4 is 0 Å². The second-order valence-electron chi connectivity index (χ2n) is 6.40. The Morgan fingerprint density at radius 2 is 1.06 bits per heavy atom. The summed E-state index contributed by atoms with van der Waals surface area (Å²) >= 11 is 0. The Labute approximate surface area is 110 Å². The molecule has 0 spiro atoms. The number of hydrogen-bond donors (Lipinski definition) is 1. The van der Waals surface area contributed by atoms with Crippen LogP contribution in [0.1, 0.15) is 80.1 Å². The van der Waals surface area contributed by atoms with Crippen molar-refractivity contribution in [1.29, 1.82) is 0 Å². The van der Waals surface area contributed by atoms with Crippen molar-refractivity contribution in [1.82, 2.24) is 5.32 Å². The molecule has 1 nitrogen and oxygen atoms in total. The molecule has 2 atom stereocenters. The van der Waals surface area contributed by atoms with Gasteiger partial charge in [-0.1, -0.05) is 54.4 Å². The largest absolute Gasteiger partial charge is 0.311 e. The quantitative estimate of drug-likeness (QED) is 0.567. The highest BCUT2D eigenvalue weighted by molar-refractivity contribution is 4.76. The molecule has 0 aliphatic heterocycles. The van der Waals surface area contributed by atoms with Crippen LogP contribution < -0.4 is 5.32 Å². The van der Waals surface area contributed by atoms with Crippen LogP contribution in [0.2, 0.25) is 0 Å². The van der Waals surface area contributed by atoms with E-state index >= 15 is 0 Å². The summed E-state index contributed by atoms with van der Waals surface area (Å²) in [7, 11) is 0. The van der Waals surface area contributed by atoms with Crippen LogP contribution in [0.15, 0.2) is 0 Å². The molecule has 17 heavy (non-hydrogen) atoms. The van der Waals surface area contributed by atoms with Gasteiger partial charge in [0.25, 0.3) is 0 Å². The molecule has 0 bridgehead atoms. The van der Waals surface area contributed by atoms with Crippen LogP contribution in [0.25, 0.3) is 0 Å². The topological polar surface area (TPSA) is 12.0 Å². The molecule has 0 fully saturated rings. The van der Waals surface area contributed by atoms with Crippen molar-refractivity contribution in [2.45, 2.75) is 92.2 Å². The van der Waals surface area contributed by atoms with Crippen molar-refractivity contribution in [3.63, 3.8) is 0 Å². The lowest BCUT2D eigenvalue weighted by molar-refractivity contribution is 0.311. The van der Waals surface area contributed by atoms with Crippen molar-refractivity contribution in [2.75, 3.05) is 0 Å². The average Bonchev–Trinajstić information content (AvgIpc) is 2.16. The van der Waals surface area contributed by atoms with Gasteiger partial charge >= 0.3 is 0 Å². The second kappa shape index (κ2) is 9.94. The molecule has 0 radical (unpaired) electrons. The maximum absolute atomic E-state index is 3.92. The summed E-state index contributed by atoms with van der Waals surface area (Å²) in [6.45, 7) is 13.9. The van der Waals surface area contributed by atoms with E-state index in [4.69, 9.17) is 0 Å². The van der Waals surface area contributed by atoms with Crippen molar-refractivity contribution in [2.24, 2.45) is 11.8 Å². The molecule has 0 amide bonds.